The Morgan fingerprint density at radius 3 is 2.40 bits per heavy atom. The van der Waals surface area contributed by atoms with E-state index >= 15 is 0 Å². The van der Waals surface area contributed by atoms with Crippen LogP contribution in [0.2, 0.25) is 0 Å². The largest absolute Gasteiger partial charge is 0.355 e. The predicted molar refractivity (Wildman–Crippen MR) is 84.6 cm³/mol. The minimum Gasteiger partial charge on any atom is -0.355 e. The van der Waals surface area contributed by atoms with Crippen LogP contribution in [0, 0.1) is 0 Å². The number of unbranched alkanes of at least 4 members (excludes halogenated alkanes) is 3. The Morgan fingerprint density at radius 2 is 1.75 bits per heavy atom. The van der Waals surface area contributed by atoms with E-state index in [0.29, 0.717) is 13.0 Å². The van der Waals surface area contributed by atoms with Crippen LogP contribution in [0.4, 0.5) is 0 Å². The number of carbonyl (C=O) groups excluding carboxylic acids is 1. The van der Waals surface area contributed by atoms with Crippen LogP contribution in [0.5, 0.6) is 0 Å². The first kappa shape index (κ1) is 16.7. The van der Waals surface area contributed by atoms with Crippen molar-refractivity contribution in [2.75, 3.05) is 13.1 Å². The minimum atomic E-state index is -0.0313. The van der Waals surface area contributed by atoms with Crippen molar-refractivity contribution in [3.05, 3.63) is 35.9 Å². The average molecular weight is 276 g/mol. The van der Waals surface area contributed by atoms with Crippen molar-refractivity contribution < 1.29 is 4.79 Å². The minimum absolute atomic E-state index is 0.0313. The van der Waals surface area contributed by atoms with Crippen LogP contribution in [0.1, 0.15) is 51.5 Å². The first-order chi connectivity index (χ1) is 9.56. The van der Waals surface area contributed by atoms with Gasteiger partial charge >= 0.3 is 0 Å². The normalized spacial score (nSPS) is 11.3. The summed E-state index contributed by atoms with van der Waals surface area (Å²) in [5, 5.41) is 3.05. The molecule has 1 aromatic carbocycles. The van der Waals surface area contributed by atoms with Gasteiger partial charge in [0.25, 0.3) is 0 Å². The molecule has 0 aliphatic rings. The molecule has 1 amide bonds. The van der Waals surface area contributed by atoms with Crippen molar-refractivity contribution in [1.29, 1.82) is 0 Å². The van der Waals surface area contributed by atoms with E-state index in [-0.39, 0.29) is 11.3 Å². The SMILES string of the molecule is CC(C)(CNC(=O)CCCCCCN)c1ccccc1. The van der Waals surface area contributed by atoms with Crippen LogP contribution in [0.25, 0.3) is 0 Å². The molecule has 0 radical (unpaired) electrons. The van der Waals surface area contributed by atoms with Crippen LogP contribution >= 0.6 is 0 Å². The first-order valence-electron chi connectivity index (χ1n) is 7.58. The monoisotopic (exact) mass is 276 g/mol. The van der Waals surface area contributed by atoms with Gasteiger partial charge in [-0.2, -0.15) is 0 Å². The standard InChI is InChI=1S/C17H28N2O/c1-17(2,15-10-6-5-7-11-15)14-19-16(20)12-8-3-4-9-13-18/h5-7,10-11H,3-4,8-9,12-14,18H2,1-2H3,(H,19,20). The summed E-state index contributed by atoms with van der Waals surface area (Å²) < 4.78 is 0. The summed E-state index contributed by atoms with van der Waals surface area (Å²) >= 11 is 0. The quantitative estimate of drug-likeness (QED) is 0.681. The third-order valence-corrected chi connectivity index (χ3v) is 3.64. The molecule has 0 saturated carbocycles. The van der Waals surface area contributed by atoms with E-state index in [2.05, 4.69) is 31.3 Å². The second kappa shape index (κ2) is 8.75. The van der Waals surface area contributed by atoms with Crippen LogP contribution < -0.4 is 11.1 Å². The molecule has 3 heteroatoms. The Hall–Kier alpha value is -1.35. The maximum Gasteiger partial charge on any atom is 0.220 e. The summed E-state index contributed by atoms with van der Waals surface area (Å²) in [6, 6.07) is 10.3. The summed E-state index contributed by atoms with van der Waals surface area (Å²) in [6.07, 6.45) is 4.85. The van der Waals surface area contributed by atoms with Gasteiger partial charge < -0.3 is 11.1 Å². The second-order valence-corrected chi connectivity index (χ2v) is 5.98. The van der Waals surface area contributed by atoms with E-state index in [9.17, 15) is 4.79 Å². The van der Waals surface area contributed by atoms with Crippen molar-refractivity contribution in [2.24, 2.45) is 5.73 Å². The number of rotatable bonds is 9. The fourth-order valence-electron chi connectivity index (χ4n) is 2.18. The molecule has 0 aliphatic carbocycles. The molecule has 20 heavy (non-hydrogen) atoms. The maximum atomic E-state index is 11.8. The number of hydrogen-bond acceptors (Lipinski definition) is 2. The van der Waals surface area contributed by atoms with Crippen molar-refractivity contribution in [3.8, 4) is 0 Å². The Kier molecular flexibility index (Phi) is 7.31. The molecule has 3 N–H and O–H groups in total. The lowest BCUT2D eigenvalue weighted by Crippen LogP contribution is -2.36. The van der Waals surface area contributed by atoms with Gasteiger partial charge in [0.1, 0.15) is 0 Å². The van der Waals surface area contributed by atoms with Crippen molar-refractivity contribution >= 4 is 5.91 Å². The molecule has 0 bridgehead atoms. The number of nitrogens with two attached hydrogens (primary N) is 1. The highest BCUT2D eigenvalue weighted by Gasteiger charge is 2.20. The molecule has 0 aliphatic heterocycles. The molecule has 1 rings (SSSR count). The van der Waals surface area contributed by atoms with Gasteiger partial charge in [-0.15, -0.1) is 0 Å². The van der Waals surface area contributed by atoms with Crippen molar-refractivity contribution in [2.45, 2.75) is 51.4 Å². The molecule has 0 spiro atoms. The number of hydrogen-bond donors (Lipinski definition) is 2. The molecule has 0 unspecified atom stereocenters. The second-order valence-electron chi connectivity index (χ2n) is 5.98. The van der Waals surface area contributed by atoms with E-state index in [1.807, 2.05) is 18.2 Å². The number of nitrogens with one attached hydrogen (secondary N) is 1. The maximum absolute atomic E-state index is 11.8. The smallest absolute Gasteiger partial charge is 0.220 e. The van der Waals surface area contributed by atoms with Crippen molar-refractivity contribution in [1.82, 2.24) is 5.32 Å². The van der Waals surface area contributed by atoms with Crippen LogP contribution in [0.3, 0.4) is 0 Å². The van der Waals surface area contributed by atoms with E-state index in [1.54, 1.807) is 0 Å². The molecule has 1 aromatic rings. The Morgan fingerprint density at radius 1 is 1.10 bits per heavy atom. The first-order valence-corrected chi connectivity index (χ1v) is 7.58. The van der Waals surface area contributed by atoms with Gasteiger partial charge in [0.2, 0.25) is 5.91 Å². The number of carbonyl (C=O) groups is 1. The molecule has 112 valence electrons. The Balaban J connectivity index is 2.26. The van der Waals surface area contributed by atoms with E-state index in [0.717, 1.165) is 32.2 Å². The third-order valence-electron chi connectivity index (χ3n) is 3.64. The van der Waals surface area contributed by atoms with Crippen molar-refractivity contribution in [3.63, 3.8) is 0 Å². The van der Waals surface area contributed by atoms with Gasteiger partial charge in [-0.3, -0.25) is 4.79 Å². The zero-order valence-electron chi connectivity index (χ0n) is 12.8. The summed E-state index contributed by atoms with van der Waals surface area (Å²) in [5.74, 6) is 0.154. The molecule has 0 saturated heterocycles. The van der Waals surface area contributed by atoms with Crippen LogP contribution in [-0.2, 0) is 10.2 Å². The molecular formula is C17H28N2O. The van der Waals surface area contributed by atoms with Gasteiger partial charge in [-0.25, -0.2) is 0 Å². The summed E-state index contributed by atoms with van der Waals surface area (Å²) in [4.78, 5) is 11.8. The summed E-state index contributed by atoms with van der Waals surface area (Å²) in [5.41, 5.74) is 6.66. The fraction of sp³-hybridized carbons (Fsp3) is 0.588. The highest BCUT2D eigenvalue weighted by molar-refractivity contribution is 5.75. The lowest BCUT2D eigenvalue weighted by molar-refractivity contribution is -0.121. The highest BCUT2D eigenvalue weighted by atomic mass is 16.1. The molecule has 0 heterocycles. The zero-order chi connectivity index (χ0) is 14.8. The zero-order valence-corrected chi connectivity index (χ0v) is 12.8. The molecular weight excluding hydrogens is 248 g/mol. The Labute approximate surface area is 122 Å². The average Bonchev–Trinajstić information content (AvgIpc) is 2.46. The predicted octanol–water partition coefficient (Wildman–Crippen LogP) is 2.99. The van der Waals surface area contributed by atoms with Gasteiger partial charge in [-0.05, 0) is 24.9 Å². The van der Waals surface area contributed by atoms with E-state index in [4.69, 9.17) is 5.73 Å². The topological polar surface area (TPSA) is 55.1 Å². The molecule has 3 nitrogen and oxygen atoms in total. The Bertz CT molecular complexity index is 387. The molecule has 0 aromatic heterocycles. The van der Waals surface area contributed by atoms with E-state index < -0.39 is 0 Å². The molecule has 0 fully saturated rings. The third kappa shape index (κ3) is 6.20. The van der Waals surface area contributed by atoms with Gasteiger partial charge in [0.15, 0.2) is 0 Å². The van der Waals surface area contributed by atoms with Crippen LogP contribution in [0.15, 0.2) is 30.3 Å². The summed E-state index contributed by atoms with van der Waals surface area (Å²) in [6.45, 7) is 5.74. The van der Waals surface area contributed by atoms with Crippen LogP contribution in [-0.4, -0.2) is 19.0 Å². The summed E-state index contributed by atoms with van der Waals surface area (Å²) in [7, 11) is 0. The lowest BCUT2D eigenvalue weighted by atomic mass is 9.84. The van der Waals surface area contributed by atoms with Gasteiger partial charge in [0.05, 0.1) is 0 Å². The lowest BCUT2D eigenvalue weighted by Gasteiger charge is -2.25. The van der Waals surface area contributed by atoms with Gasteiger partial charge in [0, 0.05) is 18.4 Å². The number of amides is 1. The van der Waals surface area contributed by atoms with Gasteiger partial charge in [-0.1, -0.05) is 57.0 Å². The highest BCUT2D eigenvalue weighted by Crippen LogP contribution is 2.21. The number of benzene rings is 1. The molecule has 0 atom stereocenters. The fourth-order valence-corrected chi connectivity index (χ4v) is 2.18. The van der Waals surface area contributed by atoms with E-state index in [1.165, 1.54) is 5.56 Å².